The highest BCUT2D eigenvalue weighted by atomic mass is 15.4. The number of hydrogen-bond acceptors (Lipinski definition) is 2. The SMILES string of the molecule is CC1CC[C@@H](C)N1N. The zero-order valence-corrected chi connectivity index (χ0v) is 5.59. The summed E-state index contributed by atoms with van der Waals surface area (Å²) in [4.78, 5) is 0. The van der Waals surface area contributed by atoms with Crippen molar-refractivity contribution in [3.8, 4) is 0 Å². The second-order valence-corrected chi connectivity index (χ2v) is 2.72. The first kappa shape index (κ1) is 6.05. The van der Waals surface area contributed by atoms with Gasteiger partial charge in [-0.3, -0.25) is 5.84 Å². The van der Waals surface area contributed by atoms with Crippen LogP contribution in [0.3, 0.4) is 0 Å². The van der Waals surface area contributed by atoms with Crippen LogP contribution >= 0.6 is 0 Å². The third-order valence-electron chi connectivity index (χ3n) is 2.02. The molecular weight excluding hydrogens is 100 g/mol. The largest absolute Gasteiger partial charge is 0.268 e. The molecule has 0 amide bonds. The molecule has 1 fully saturated rings. The Hall–Kier alpha value is -0.0800. The highest BCUT2D eigenvalue weighted by Gasteiger charge is 2.23. The van der Waals surface area contributed by atoms with E-state index in [0.717, 1.165) is 0 Å². The lowest BCUT2D eigenvalue weighted by atomic mass is 10.2. The van der Waals surface area contributed by atoms with Gasteiger partial charge in [0.15, 0.2) is 0 Å². The van der Waals surface area contributed by atoms with Crippen LogP contribution < -0.4 is 5.84 Å². The lowest BCUT2D eigenvalue weighted by molar-refractivity contribution is 0.220. The Kier molecular flexibility index (Phi) is 1.54. The zero-order valence-electron chi connectivity index (χ0n) is 5.59. The minimum Gasteiger partial charge on any atom is -0.268 e. The normalized spacial score (nSPS) is 40.9. The predicted molar refractivity (Wildman–Crippen MR) is 34.2 cm³/mol. The number of nitrogens with zero attached hydrogens (tertiary/aromatic N) is 1. The summed E-state index contributed by atoms with van der Waals surface area (Å²) in [6, 6.07) is 1.20. The topological polar surface area (TPSA) is 29.3 Å². The molecule has 1 unspecified atom stereocenters. The van der Waals surface area contributed by atoms with Crippen LogP contribution in [0.2, 0.25) is 0 Å². The summed E-state index contributed by atoms with van der Waals surface area (Å²) in [7, 11) is 0. The van der Waals surface area contributed by atoms with Gasteiger partial charge in [-0.25, -0.2) is 5.01 Å². The van der Waals surface area contributed by atoms with E-state index in [2.05, 4.69) is 13.8 Å². The minimum atomic E-state index is 0.602. The van der Waals surface area contributed by atoms with Crippen LogP contribution in [0, 0.1) is 0 Å². The molecule has 2 atom stereocenters. The van der Waals surface area contributed by atoms with Gasteiger partial charge in [0, 0.05) is 12.1 Å². The number of rotatable bonds is 0. The molecule has 8 heavy (non-hydrogen) atoms. The van der Waals surface area contributed by atoms with E-state index < -0.39 is 0 Å². The van der Waals surface area contributed by atoms with Crippen molar-refractivity contribution in [1.29, 1.82) is 0 Å². The molecule has 2 heteroatoms. The van der Waals surface area contributed by atoms with Gasteiger partial charge < -0.3 is 0 Å². The third-order valence-corrected chi connectivity index (χ3v) is 2.02. The first-order valence-corrected chi connectivity index (χ1v) is 3.25. The number of hydrazine groups is 1. The van der Waals surface area contributed by atoms with Gasteiger partial charge in [-0.15, -0.1) is 0 Å². The maximum Gasteiger partial charge on any atom is 0.0216 e. The van der Waals surface area contributed by atoms with Gasteiger partial charge in [0.05, 0.1) is 0 Å². The first-order valence-electron chi connectivity index (χ1n) is 3.25. The number of hydrogen-bond donors (Lipinski definition) is 1. The molecule has 0 aromatic carbocycles. The molecule has 0 aromatic heterocycles. The zero-order chi connectivity index (χ0) is 6.15. The summed E-state index contributed by atoms with van der Waals surface area (Å²) in [5, 5.41) is 1.94. The average molecular weight is 114 g/mol. The first-order chi connectivity index (χ1) is 3.72. The van der Waals surface area contributed by atoms with Gasteiger partial charge in [0.1, 0.15) is 0 Å². The van der Waals surface area contributed by atoms with Gasteiger partial charge in [-0.1, -0.05) is 0 Å². The highest BCUT2D eigenvalue weighted by molar-refractivity contribution is 4.77. The van der Waals surface area contributed by atoms with Crippen molar-refractivity contribution in [3.05, 3.63) is 0 Å². The van der Waals surface area contributed by atoms with Crippen molar-refractivity contribution in [1.82, 2.24) is 5.01 Å². The fourth-order valence-corrected chi connectivity index (χ4v) is 1.21. The molecule has 0 bridgehead atoms. The van der Waals surface area contributed by atoms with E-state index in [4.69, 9.17) is 5.84 Å². The van der Waals surface area contributed by atoms with Crippen molar-refractivity contribution < 1.29 is 0 Å². The highest BCUT2D eigenvalue weighted by Crippen LogP contribution is 2.18. The molecule has 2 nitrogen and oxygen atoms in total. The van der Waals surface area contributed by atoms with Crippen LogP contribution in [0.25, 0.3) is 0 Å². The van der Waals surface area contributed by atoms with Crippen molar-refractivity contribution >= 4 is 0 Å². The second kappa shape index (κ2) is 2.03. The quantitative estimate of drug-likeness (QED) is 0.470. The molecule has 1 aliphatic rings. The summed E-state index contributed by atoms with van der Waals surface area (Å²) in [6.07, 6.45) is 2.52. The van der Waals surface area contributed by atoms with Crippen LogP contribution in [0.15, 0.2) is 0 Å². The van der Waals surface area contributed by atoms with Crippen molar-refractivity contribution in [2.75, 3.05) is 0 Å². The molecule has 0 aliphatic carbocycles. The summed E-state index contributed by atoms with van der Waals surface area (Å²) in [5.41, 5.74) is 0. The minimum absolute atomic E-state index is 0.602. The van der Waals surface area contributed by atoms with Gasteiger partial charge >= 0.3 is 0 Å². The maximum absolute atomic E-state index is 5.66. The van der Waals surface area contributed by atoms with E-state index >= 15 is 0 Å². The lowest BCUT2D eigenvalue weighted by Gasteiger charge is -2.18. The van der Waals surface area contributed by atoms with Crippen molar-refractivity contribution in [3.63, 3.8) is 0 Å². The van der Waals surface area contributed by atoms with E-state index in [0.29, 0.717) is 12.1 Å². The van der Waals surface area contributed by atoms with E-state index in [9.17, 15) is 0 Å². The van der Waals surface area contributed by atoms with Crippen LogP contribution in [0.4, 0.5) is 0 Å². The Morgan fingerprint density at radius 3 is 1.75 bits per heavy atom. The predicted octanol–water partition coefficient (Wildman–Crippen LogP) is 0.733. The maximum atomic E-state index is 5.66. The van der Waals surface area contributed by atoms with Gasteiger partial charge in [-0.2, -0.15) is 0 Å². The van der Waals surface area contributed by atoms with E-state index in [1.165, 1.54) is 12.8 Å². The molecule has 0 spiro atoms. The summed E-state index contributed by atoms with van der Waals surface area (Å²) in [6.45, 7) is 4.34. The average Bonchev–Trinajstić information content (AvgIpc) is 1.98. The second-order valence-electron chi connectivity index (χ2n) is 2.72. The Morgan fingerprint density at radius 1 is 1.25 bits per heavy atom. The van der Waals surface area contributed by atoms with Crippen molar-refractivity contribution in [2.24, 2.45) is 5.84 Å². The van der Waals surface area contributed by atoms with Gasteiger partial charge in [0.25, 0.3) is 0 Å². The Labute approximate surface area is 50.6 Å². The summed E-state index contributed by atoms with van der Waals surface area (Å²) in [5.74, 6) is 5.66. The molecular formula is C6H14N2. The Bertz CT molecular complexity index is 72.6. The molecule has 0 saturated carbocycles. The van der Waals surface area contributed by atoms with Crippen molar-refractivity contribution in [2.45, 2.75) is 38.8 Å². The molecule has 0 radical (unpaired) electrons. The van der Waals surface area contributed by atoms with E-state index in [1.54, 1.807) is 0 Å². The molecule has 2 N–H and O–H groups in total. The molecule has 48 valence electrons. The van der Waals surface area contributed by atoms with Crippen LogP contribution in [0.1, 0.15) is 26.7 Å². The van der Waals surface area contributed by atoms with Crippen LogP contribution in [-0.4, -0.2) is 17.1 Å². The van der Waals surface area contributed by atoms with Gasteiger partial charge in [-0.05, 0) is 26.7 Å². The molecule has 0 aromatic rings. The molecule has 1 rings (SSSR count). The van der Waals surface area contributed by atoms with E-state index in [-0.39, 0.29) is 0 Å². The Balaban J connectivity index is 2.44. The fourth-order valence-electron chi connectivity index (χ4n) is 1.21. The third kappa shape index (κ3) is 0.858. The fraction of sp³-hybridized carbons (Fsp3) is 1.00. The van der Waals surface area contributed by atoms with Crippen LogP contribution in [-0.2, 0) is 0 Å². The monoisotopic (exact) mass is 114 g/mol. The molecule has 1 saturated heterocycles. The number of nitrogens with two attached hydrogens (primary N) is 1. The standard InChI is InChI=1S/C6H14N2/c1-5-3-4-6(2)8(5)7/h5-6H,3-4,7H2,1-2H3/t5-,6?/m1/s1. The smallest absolute Gasteiger partial charge is 0.0216 e. The van der Waals surface area contributed by atoms with Gasteiger partial charge in [0.2, 0.25) is 0 Å². The molecule has 1 heterocycles. The Morgan fingerprint density at radius 2 is 1.62 bits per heavy atom. The summed E-state index contributed by atoms with van der Waals surface area (Å²) < 4.78 is 0. The lowest BCUT2D eigenvalue weighted by Crippen LogP contribution is -2.38. The van der Waals surface area contributed by atoms with Crippen LogP contribution in [0.5, 0.6) is 0 Å². The molecule has 1 aliphatic heterocycles. The van der Waals surface area contributed by atoms with E-state index in [1.807, 2.05) is 5.01 Å². The summed E-state index contributed by atoms with van der Waals surface area (Å²) >= 11 is 0.